The van der Waals surface area contributed by atoms with Gasteiger partial charge < -0.3 is 19.8 Å². The van der Waals surface area contributed by atoms with E-state index < -0.39 is 11.9 Å². The van der Waals surface area contributed by atoms with Crippen molar-refractivity contribution in [2.45, 2.75) is 13.3 Å². The monoisotopic (exact) mass is 271 g/mol. The predicted octanol–water partition coefficient (Wildman–Crippen LogP) is -0.0770. The number of nitrogens with zero attached hydrogens (tertiary/aromatic N) is 3. The van der Waals surface area contributed by atoms with E-state index in [1.165, 1.54) is 14.7 Å². The van der Waals surface area contributed by atoms with E-state index in [0.29, 0.717) is 6.54 Å². The van der Waals surface area contributed by atoms with Crippen molar-refractivity contribution in [1.82, 2.24) is 14.7 Å². The minimum absolute atomic E-state index is 0.0356. The zero-order valence-electron chi connectivity index (χ0n) is 11.6. The number of aliphatic carboxylic acids is 1. The molecule has 108 valence electrons. The molecule has 7 nitrogen and oxygen atoms in total. The molecule has 0 unspecified atom stereocenters. The van der Waals surface area contributed by atoms with Crippen molar-refractivity contribution >= 4 is 17.9 Å². The highest BCUT2D eigenvalue weighted by atomic mass is 16.4. The molecule has 19 heavy (non-hydrogen) atoms. The van der Waals surface area contributed by atoms with Crippen molar-refractivity contribution in [3.05, 3.63) is 0 Å². The molecule has 1 aliphatic rings. The van der Waals surface area contributed by atoms with Crippen molar-refractivity contribution in [2.24, 2.45) is 5.92 Å². The Morgan fingerprint density at radius 3 is 2.26 bits per heavy atom. The van der Waals surface area contributed by atoms with E-state index in [0.717, 1.165) is 6.42 Å². The maximum Gasteiger partial charge on any atom is 0.320 e. The summed E-state index contributed by atoms with van der Waals surface area (Å²) >= 11 is 0. The number of hydrogen-bond donors (Lipinski definition) is 1. The summed E-state index contributed by atoms with van der Waals surface area (Å²) in [5.74, 6) is -1.50. The Morgan fingerprint density at radius 2 is 1.84 bits per heavy atom. The summed E-state index contributed by atoms with van der Waals surface area (Å²) in [4.78, 5) is 38.9. The summed E-state index contributed by atoms with van der Waals surface area (Å²) in [6, 6.07) is -0.255. The van der Waals surface area contributed by atoms with Gasteiger partial charge in [0, 0.05) is 33.7 Å². The lowest BCUT2D eigenvalue weighted by atomic mass is 10.0. The molecule has 1 heterocycles. The molecule has 1 aliphatic heterocycles. The first-order valence-electron chi connectivity index (χ1n) is 6.33. The van der Waals surface area contributed by atoms with E-state index in [2.05, 4.69) is 0 Å². The molecule has 1 rings (SSSR count). The molecule has 0 radical (unpaired) electrons. The van der Waals surface area contributed by atoms with Crippen LogP contribution in [0.25, 0.3) is 0 Å². The Balaban J connectivity index is 2.55. The lowest BCUT2D eigenvalue weighted by Gasteiger charge is -2.39. The molecule has 0 aliphatic carbocycles. The molecular formula is C12H21N3O4. The number of carbonyl (C=O) groups excluding carboxylic acids is 2. The number of likely N-dealkylation sites (tertiary alicyclic amines) is 1. The average molecular weight is 271 g/mol. The zero-order chi connectivity index (χ0) is 14.6. The Labute approximate surface area is 112 Å². The first-order valence-corrected chi connectivity index (χ1v) is 6.33. The van der Waals surface area contributed by atoms with E-state index in [-0.39, 0.29) is 31.6 Å². The second kappa shape index (κ2) is 6.40. The van der Waals surface area contributed by atoms with Crippen LogP contribution >= 0.6 is 0 Å². The topological polar surface area (TPSA) is 81.2 Å². The molecule has 0 atom stereocenters. The molecule has 0 aromatic rings. The number of amides is 3. The fourth-order valence-corrected chi connectivity index (χ4v) is 1.81. The molecule has 0 bridgehead atoms. The number of carboxylic acid groups (broad SMARTS) is 1. The standard InChI is InChI=1S/C12H21N3O4/c1-4-5-14(8-10(16)13(2)3)12(19)15-6-9(7-15)11(17)18/h9H,4-8H2,1-3H3,(H,17,18). The second-order valence-corrected chi connectivity index (χ2v) is 4.93. The van der Waals surface area contributed by atoms with Crippen molar-refractivity contribution in [3.63, 3.8) is 0 Å². The van der Waals surface area contributed by atoms with Crippen LogP contribution in [0.5, 0.6) is 0 Å². The van der Waals surface area contributed by atoms with Crippen LogP contribution in [0.4, 0.5) is 4.79 Å². The summed E-state index contributed by atoms with van der Waals surface area (Å²) in [7, 11) is 3.28. The van der Waals surface area contributed by atoms with Crippen LogP contribution in [0.3, 0.4) is 0 Å². The van der Waals surface area contributed by atoms with Gasteiger partial charge in [0.15, 0.2) is 0 Å². The van der Waals surface area contributed by atoms with Gasteiger partial charge in [0.2, 0.25) is 5.91 Å². The Hall–Kier alpha value is -1.79. The van der Waals surface area contributed by atoms with Crippen molar-refractivity contribution in [2.75, 3.05) is 40.3 Å². The van der Waals surface area contributed by atoms with Crippen LogP contribution in [0.2, 0.25) is 0 Å². The highest BCUT2D eigenvalue weighted by molar-refractivity contribution is 5.85. The normalized spacial score (nSPS) is 14.8. The molecule has 0 aromatic heterocycles. The highest BCUT2D eigenvalue weighted by Gasteiger charge is 2.37. The average Bonchev–Trinajstić information content (AvgIpc) is 2.25. The van der Waals surface area contributed by atoms with Gasteiger partial charge >= 0.3 is 12.0 Å². The van der Waals surface area contributed by atoms with E-state index >= 15 is 0 Å². The molecule has 1 N–H and O–H groups in total. The van der Waals surface area contributed by atoms with Crippen LogP contribution in [-0.2, 0) is 9.59 Å². The van der Waals surface area contributed by atoms with E-state index in [1.807, 2.05) is 6.92 Å². The van der Waals surface area contributed by atoms with E-state index in [9.17, 15) is 14.4 Å². The molecular weight excluding hydrogens is 250 g/mol. The summed E-state index contributed by atoms with van der Waals surface area (Å²) in [5.41, 5.74) is 0. The largest absolute Gasteiger partial charge is 0.481 e. The third kappa shape index (κ3) is 3.84. The van der Waals surface area contributed by atoms with Gasteiger partial charge in [-0.1, -0.05) is 6.92 Å². The smallest absolute Gasteiger partial charge is 0.320 e. The fraction of sp³-hybridized carbons (Fsp3) is 0.750. The van der Waals surface area contributed by atoms with Gasteiger partial charge in [0.25, 0.3) is 0 Å². The number of hydrogen-bond acceptors (Lipinski definition) is 3. The first-order chi connectivity index (χ1) is 8.86. The Bertz CT molecular complexity index is 364. The quantitative estimate of drug-likeness (QED) is 0.758. The second-order valence-electron chi connectivity index (χ2n) is 4.93. The first kappa shape index (κ1) is 15.3. The third-order valence-corrected chi connectivity index (χ3v) is 3.09. The summed E-state index contributed by atoms with van der Waals surface area (Å²) in [6.07, 6.45) is 0.753. The van der Waals surface area contributed by atoms with Crippen molar-refractivity contribution in [1.29, 1.82) is 0 Å². The Kier molecular flexibility index (Phi) is 5.14. The van der Waals surface area contributed by atoms with Gasteiger partial charge in [-0.25, -0.2) is 4.79 Å². The van der Waals surface area contributed by atoms with Gasteiger partial charge in [0.05, 0.1) is 5.92 Å². The summed E-state index contributed by atoms with van der Waals surface area (Å²) < 4.78 is 0. The van der Waals surface area contributed by atoms with Crippen LogP contribution in [0.1, 0.15) is 13.3 Å². The lowest BCUT2D eigenvalue weighted by Crippen LogP contribution is -2.58. The van der Waals surface area contributed by atoms with Crippen LogP contribution in [0, 0.1) is 5.92 Å². The number of carboxylic acids is 1. The van der Waals surface area contributed by atoms with Crippen LogP contribution in [0.15, 0.2) is 0 Å². The minimum Gasteiger partial charge on any atom is -0.481 e. The number of carbonyl (C=O) groups is 3. The van der Waals surface area contributed by atoms with E-state index in [4.69, 9.17) is 5.11 Å². The zero-order valence-corrected chi connectivity index (χ0v) is 11.6. The summed E-state index contributed by atoms with van der Waals surface area (Å²) in [5, 5.41) is 8.78. The Morgan fingerprint density at radius 1 is 1.26 bits per heavy atom. The fourth-order valence-electron chi connectivity index (χ4n) is 1.81. The lowest BCUT2D eigenvalue weighted by molar-refractivity contribution is -0.146. The predicted molar refractivity (Wildman–Crippen MR) is 68.7 cm³/mol. The third-order valence-electron chi connectivity index (χ3n) is 3.09. The van der Waals surface area contributed by atoms with Crippen molar-refractivity contribution < 1.29 is 19.5 Å². The maximum absolute atomic E-state index is 12.1. The molecule has 1 fully saturated rings. The summed E-state index contributed by atoms with van der Waals surface area (Å²) in [6.45, 7) is 2.91. The number of likely N-dealkylation sites (N-methyl/N-ethyl adjacent to an activating group) is 1. The highest BCUT2D eigenvalue weighted by Crippen LogP contribution is 2.17. The van der Waals surface area contributed by atoms with Gasteiger partial charge in [-0.05, 0) is 6.42 Å². The SMILES string of the molecule is CCCN(CC(=O)N(C)C)C(=O)N1CC(C(=O)O)C1. The minimum atomic E-state index is -0.879. The molecule has 3 amide bonds. The van der Waals surface area contributed by atoms with Gasteiger partial charge in [-0.2, -0.15) is 0 Å². The molecule has 0 saturated carbocycles. The molecule has 1 saturated heterocycles. The van der Waals surface area contributed by atoms with Gasteiger partial charge in [-0.3, -0.25) is 9.59 Å². The molecule has 0 aromatic carbocycles. The van der Waals surface area contributed by atoms with Crippen molar-refractivity contribution in [3.8, 4) is 0 Å². The number of rotatable bonds is 5. The maximum atomic E-state index is 12.1. The van der Waals surface area contributed by atoms with E-state index in [1.54, 1.807) is 14.1 Å². The van der Waals surface area contributed by atoms with Crippen LogP contribution in [-0.4, -0.2) is 78.0 Å². The molecule has 7 heteroatoms. The molecule has 0 spiro atoms. The van der Waals surface area contributed by atoms with Gasteiger partial charge in [-0.15, -0.1) is 0 Å². The number of urea groups is 1. The van der Waals surface area contributed by atoms with Crippen LogP contribution < -0.4 is 0 Å². The van der Waals surface area contributed by atoms with Gasteiger partial charge in [0.1, 0.15) is 6.54 Å².